The molecule has 0 aromatic carbocycles. The highest BCUT2D eigenvalue weighted by Crippen LogP contribution is 2.44. The first-order valence-electron chi connectivity index (χ1n) is 5.87. The first kappa shape index (κ1) is 11.5. The van der Waals surface area contributed by atoms with Crippen LogP contribution in [-0.2, 0) is 4.79 Å². The van der Waals surface area contributed by atoms with Gasteiger partial charge in [-0.05, 0) is 25.2 Å². The number of rotatable bonds is 4. The number of carboxylic acid groups (broad SMARTS) is 1. The van der Waals surface area contributed by atoms with E-state index >= 15 is 0 Å². The number of hydrogen-bond donors (Lipinski definition) is 1. The summed E-state index contributed by atoms with van der Waals surface area (Å²) in [5, 5.41) is 9.39. The zero-order valence-electron chi connectivity index (χ0n) is 9.38. The normalized spacial score (nSPS) is 23.0. The fraction of sp³-hybridized carbons (Fsp3) is 0.917. The molecular weight excluding hydrogens is 176 g/mol. The van der Waals surface area contributed by atoms with Gasteiger partial charge >= 0.3 is 5.97 Å². The van der Waals surface area contributed by atoms with Gasteiger partial charge in [-0.1, -0.05) is 39.5 Å². The molecule has 0 heterocycles. The molecule has 14 heavy (non-hydrogen) atoms. The molecular formula is C12H22O2. The molecule has 1 fully saturated rings. The average molecular weight is 198 g/mol. The molecule has 82 valence electrons. The van der Waals surface area contributed by atoms with Gasteiger partial charge in [0.1, 0.15) is 0 Å². The molecule has 1 aliphatic carbocycles. The zero-order valence-corrected chi connectivity index (χ0v) is 9.38. The van der Waals surface area contributed by atoms with Crippen molar-refractivity contribution in [2.24, 2.45) is 11.3 Å². The van der Waals surface area contributed by atoms with Crippen LogP contribution in [0.4, 0.5) is 0 Å². The third-order valence-corrected chi connectivity index (χ3v) is 3.84. The second kappa shape index (κ2) is 4.81. The monoisotopic (exact) mass is 198 g/mol. The Morgan fingerprint density at radius 2 is 1.93 bits per heavy atom. The first-order valence-corrected chi connectivity index (χ1v) is 5.87. The molecule has 1 atom stereocenters. The van der Waals surface area contributed by atoms with Crippen molar-refractivity contribution >= 4 is 5.97 Å². The molecule has 0 aliphatic heterocycles. The third kappa shape index (κ3) is 2.10. The number of carboxylic acids is 1. The molecule has 0 radical (unpaired) electrons. The summed E-state index contributed by atoms with van der Waals surface area (Å²) in [4.78, 5) is 11.4. The maximum atomic E-state index is 11.4. The van der Waals surface area contributed by atoms with Crippen LogP contribution in [0.25, 0.3) is 0 Å². The van der Waals surface area contributed by atoms with Gasteiger partial charge in [-0.3, -0.25) is 4.79 Å². The van der Waals surface area contributed by atoms with E-state index in [9.17, 15) is 9.90 Å². The molecule has 1 unspecified atom stereocenters. The largest absolute Gasteiger partial charge is 0.481 e. The van der Waals surface area contributed by atoms with E-state index in [1.807, 2.05) is 0 Å². The van der Waals surface area contributed by atoms with Crippen molar-refractivity contribution in [2.45, 2.75) is 58.8 Å². The number of hydrogen-bond acceptors (Lipinski definition) is 1. The maximum absolute atomic E-state index is 11.4. The predicted octanol–water partition coefficient (Wildman–Crippen LogP) is 3.46. The van der Waals surface area contributed by atoms with E-state index in [2.05, 4.69) is 13.8 Å². The van der Waals surface area contributed by atoms with Gasteiger partial charge in [0, 0.05) is 0 Å². The standard InChI is InChI=1S/C12H22O2/c1-3-7-10(2)12(11(13)14)8-5-4-6-9-12/h10H,3-9H2,1-2H3,(H,13,14). The van der Waals surface area contributed by atoms with Crippen LogP contribution < -0.4 is 0 Å². The Kier molecular flexibility index (Phi) is 3.97. The second-order valence-electron chi connectivity index (χ2n) is 4.71. The fourth-order valence-electron chi connectivity index (χ4n) is 2.81. The summed E-state index contributed by atoms with van der Waals surface area (Å²) in [5.41, 5.74) is -0.395. The quantitative estimate of drug-likeness (QED) is 0.751. The van der Waals surface area contributed by atoms with E-state index in [-0.39, 0.29) is 0 Å². The summed E-state index contributed by atoms with van der Waals surface area (Å²) in [5.74, 6) is -0.219. The van der Waals surface area contributed by atoms with Crippen molar-refractivity contribution in [1.82, 2.24) is 0 Å². The summed E-state index contributed by atoms with van der Waals surface area (Å²) >= 11 is 0. The summed E-state index contributed by atoms with van der Waals surface area (Å²) in [6.45, 7) is 4.25. The molecule has 1 saturated carbocycles. The van der Waals surface area contributed by atoms with Gasteiger partial charge in [0.15, 0.2) is 0 Å². The molecule has 0 bridgehead atoms. The lowest BCUT2D eigenvalue weighted by Crippen LogP contribution is -2.39. The summed E-state index contributed by atoms with van der Waals surface area (Å²) < 4.78 is 0. The van der Waals surface area contributed by atoms with Crippen LogP contribution in [0.1, 0.15) is 58.8 Å². The van der Waals surface area contributed by atoms with Gasteiger partial charge in [-0.2, -0.15) is 0 Å². The van der Waals surface area contributed by atoms with E-state index in [1.54, 1.807) is 0 Å². The Bertz CT molecular complexity index is 192. The van der Waals surface area contributed by atoms with Crippen LogP contribution in [-0.4, -0.2) is 11.1 Å². The van der Waals surface area contributed by atoms with Crippen LogP contribution in [0.2, 0.25) is 0 Å². The van der Waals surface area contributed by atoms with Crippen LogP contribution in [0, 0.1) is 11.3 Å². The van der Waals surface area contributed by atoms with Gasteiger partial charge in [-0.25, -0.2) is 0 Å². The Morgan fingerprint density at radius 3 is 2.36 bits per heavy atom. The highest BCUT2D eigenvalue weighted by Gasteiger charge is 2.43. The smallest absolute Gasteiger partial charge is 0.309 e. The number of aliphatic carboxylic acids is 1. The predicted molar refractivity (Wildman–Crippen MR) is 57.2 cm³/mol. The van der Waals surface area contributed by atoms with E-state index in [1.165, 1.54) is 6.42 Å². The van der Waals surface area contributed by atoms with Crippen molar-refractivity contribution < 1.29 is 9.90 Å². The van der Waals surface area contributed by atoms with Gasteiger partial charge in [-0.15, -0.1) is 0 Å². The van der Waals surface area contributed by atoms with Crippen LogP contribution in [0.15, 0.2) is 0 Å². The van der Waals surface area contributed by atoms with Crippen molar-refractivity contribution in [3.05, 3.63) is 0 Å². The Hall–Kier alpha value is -0.530. The molecule has 0 amide bonds. The van der Waals surface area contributed by atoms with Gasteiger partial charge < -0.3 is 5.11 Å². The lowest BCUT2D eigenvalue weighted by atomic mass is 9.65. The summed E-state index contributed by atoms with van der Waals surface area (Å²) in [7, 11) is 0. The molecule has 0 saturated heterocycles. The zero-order chi connectivity index (χ0) is 10.6. The fourth-order valence-corrected chi connectivity index (χ4v) is 2.81. The van der Waals surface area contributed by atoms with Crippen molar-refractivity contribution in [1.29, 1.82) is 0 Å². The number of carbonyl (C=O) groups is 1. The minimum absolute atomic E-state index is 0.338. The Morgan fingerprint density at radius 1 is 1.36 bits per heavy atom. The Balaban J connectivity index is 2.74. The van der Waals surface area contributed by atoms with Crippen molar-refractivity contribution in [2.75, 3.05) is 0 Å². The van der Waals surface area contributed by atoms with Gasteiger partial charge in [0.25, 0.3) is 0 Å². The highest BCUT2D eigenvalue weighted by atomic mass is 16.4. The second-order valence-corrected chi connectivity index (χ2v) is 4.71. The first-order chi connectivity index (χ1) is 6.63. The molecule has 1 N–H and O–H groups in total. The van der Waals surface area contributed by atoms with Crippen LogP contribution >= 0.6 is 0 Å². The lowest BCUT2D eigenvalue weighted by Gasteiger charge is -2.38. The molecule has 0 aromatic rings. The molecule has 1 aliphatic rings. The third-order valence-electron chi connectivity index (χ3n) is 3.84. The minimum atomic E-state index is -0.557. The van der Waals surface area contributed by atoms with Crippen molar-refractivity contribution in [3.8, 4) is 0 Å². The topological polar surface area (TPSA) is 37.3 Å². The molecule has 0 spiro atoms. The van der Waals surface area contributed by atoms with E-state index < -0.39 is 11.4 Å². The van der Waals surface area contributed by atoms with Gasteiger partial charge in [0.05, 0.1) is 5.41 Å². The maximum Gasteiger partial charge on any atom is 0.309 e. The lowest BCUT2D eigenvalue weighted by molar-refractivity contribution is -0.155. The van der Waals surface area contributed by atoms with E-state index in [4.69, 9.17) is 0 Å². The summed E-state index contributed by atoms with van der Waals surface area (Å²) in [6, 6.07) is 0. The minimum Gasteiger partial charge on any atom is -0.481 e. The SMILES string of the molecule is CCCC(C)C1(C(=O)O)CCCCC1. The van der Waals surface area contributed by atoms with E-state index in [0.717, 1.165) is 38.5 Å². The highest BCUT2D eigenvalue weighted by molar-refractivity contribution is 5.75. The van der Waals surface area contributed by atoms with Gasteiger partial charge in [0.2, 0.25) is 0 Å². The summed E-state index contributed by atoms with van der Waals surface area (Å²) in [6.07, 6.45) is 7.34. The van der Waals surface area contributed by atoms with Crippen molar-refractivity contribution in [3.63, 3.8) is 0 Å². The van der Waals surface area contributed by atoms with Crippen LogP contribution in [0.3, 0.4) is 0 Å². The molecule has 2 heteroatoms. The Labute approximate surface area is 86.7 Å². The average Bonchev–Trinajstić information content (AvgIpc) is 2.19. The van der Waals surface area contributed by atoms with E-state index in [0.29, 0.717) is 5.92 Å². The van der Waals surface area contributed by atoms with Crippen LogP contribution in [0.5, 0.6) is 0 Å². The molecule has 2 nitrogen and oxygen atoms in total. The molecule has 1 rings (SSSR count). The molecule has 0 aromatic heterocycles.